The van der Waals surface area contributed by atoms with Gasteiger partial charge in [-0.05, 0) is 30.3 Å². The Morgan fingerprint density at radius 2 is 1.87 bits per heavy atom. The number of imidazole rings is 1. The van der Waals surface area contributed by atoms with E-state index in [0.717, 1.165) is 5.69 Å². The van der Waals surface area contributed by atoms with E-state index in [4.69, 9.17) is 4.42 Å². The van der Waals surface area contributed by atoms with Crippen LogP contribution in [0.5, 0.6) is 0 Å². The van der Waals surface area contributed by atoms with Crippen LogP contribution in [0.15, 0.2) is 76.3 Å². The van der Waals surface area contributed by atoms with Crippen LogP contribution in [0.4, 0.5) is 4.39 Å². The molecule has 4 rings (SSSR count). The first-order valence-corrected chi connectivity index (χ1v) is 7.04. The lowest BCUT2D eigenvalue weighted by Crippen LogP contribution is -2.03. The number of aromatic nitrogens is 2. The van der Waals surface area contributed by atoms with E-state index >= 15 is 0 Å². The smallest absolute Gasteiger partial charge is 0.345 e. The Bertz CT molecular complexity index is 1050. The minimum absolute atomic E-state index is 0.223. The van der Waals surface area contributed by atoms with Crippen molar-refractivity contribution in [3.8, 4) is 16.9 Å². The lowest BCUT2D eigenvalue weighted by atomic mass is 10.1. The van der Waals surface area contributed by atoms with Crippen LogP contribution in [0.1, 0.15) is 0 Å². The van der Waals surface area contributed by atoms with Crippen molar-refractivity contribution in [3.05, 3.63) is 83.4 Å². The van der Waals surface area contributed by atoms with Crippen molar-refractivity contribution in [2.75, 3.05) is 0 Å². The SMILES string of the molecule is O=c1oc2cc(F)ccc2cc1-c1cn(-c2ccccc2)cn1. The van der Waals surface area contributed by atoms with Gasteiger partial charge in [0.05, 0.1) is 17.6 Å². The number of halogens is 1. The first-order chi connectivity index (χ1) is 11.2. The molecule has 2 aromatic carbocycles. The number of rotatable bonds is 2. The van der Waals surface area contributed by atoms with E-state index in [1.54, 1.807) is 24.7 Å². The van der Waals surface area contributed by atoms with Crippen LogP contribution < -0.4 is 5.63 Å². The average molecular weight is 306 g/mol. The van der Waals surface area contributed by atoms with E-state index in [2.05, 4.69) is 4.98 Å². The Morgan fingerprint density at radius 3 is 2.70 bits per heavy atom. The van der Waals surface area contributed by atoms with Gasteiger partial charge in [-0.25, -0.2) is 14.2 Å². The zero-order valence-electron chi connectivity index (χ0n) is 11.9. The summed E-state index contributed by atoms with van der Waals surface area (Å²) in [6, 6.07) is 15.4. The molecule has 5 heteroatoms. The van der Waals surface area contributed by atoms with Gasteiger partial charge in [0.2, 0.25) is 0 Å². The van der Waals surface area contributed by atoms with Crippen LogP contribution in [0.3, 0.4) is 0 Å². The van der Waals surface area contributed by atoms with E-state index in [1.165, 1.54) is 12.1 Å². The van der Waals surface area contributed by atoms with Gasteiger partial charge < -0.3 is 8.98 Å². The maximum Gasteiger partial charge on any atom is 0.345 e. The molecule has 0 fully saturated rings. The third kappa shape index (κ3) is 2.42. The lowest BCUT2D eigenvalue weighted by Gasteiger charge is -2.01. The molecule has 0 aliphatic rings. The van der Waals surface area contributed by atoms with Crippen LogP contribution in [0.2, 0.25) is 0 Å². The molecular weight excluding hydrogens is 295 g/mol. The van der Waals surface area contributed by atoms with Gasteiger partial charge in [0.15, 0.2) is 0 Å². The molecule has 0 spiro atoms. The van der Waals surface area contributed by atoms with Crippen LogP contribution in [0.25, 0.3) is 27.9 Å². The molecule has 0 unspecified atom stereocenters. The molecule has 112 valence electrons. The Kier molecular flexibility index (Phi) is 3.05. The van der Waals surface area contributed by atoms with Crippen molar-refractivity contribution in [1.29, 1.82) is 0 Å². The van der Waals surface area contributed by atoms with Crippen LogP contribution >= 0.6 is 0 Å². The predicted molar refractivity (Wildman–Crippen MR) is 85.0 cm³/mol. The van der Waals surface area contributed by atoms with E-state index in [9.17, 15) is 9.18 Å². The fraction of sp³-hybridized carbons (Fsp3) is 0. The van der Waals surface area contributed by atoms with Gasteiger partial charge in [0, 0.05) is 23.3 Å². The molecule has 0 bridgehead atoms. The zero-order chi connectivity index (χ0) is 15.8. The maximum absolute atomic E-state index is 13.2. The topological polar surface area (TPSA) is 48.0 Å². The number of nitrogens with zero attached hydrogens (tertiary/aromatic N) is 2. The second kappa shape index (κ2) is 5.21. The van der Waals surface area contributed by atoms with Crippen molar-refractivity contribution in [2.24, 2.45) is 0 Å². The summed E-state index contributed by atoms with van der Waals surface area (Å²) in [7, 11) is 0. The summed E-state index contributed by atoms with van der Waals surface area (Å²) in [5, 5.41) is 0.648. The molecule has 0 aliphatic carbocycles. The summed E-state index contributed by atoms with van der Waals surface area (Å²) in [4.78, 5) is 16.4. The van der Waals surface area contributed by atoms with Crippen LogP contribution in [0, 0.1) is 5.82 Å². The summed E-state index contributed by atoms with van der Waals surface area (Å²) in [6.07, 6.45) is 3.40. The largest absolute Gasteiger partial charge is 0.422 e. The number of hydrogen-bond donors (Lipinski definition) is 0. The summed E-state index contributed by atoms with van der Waals surface area (Å²) >= 11 is 0. The normalized spacial score (nSPS) is 11.0. The second-order valence-electron chi connectivity index (χ2n) is 5.13. The molecule has 4 nitrogen and oxygen atoms in total. The highest BCUT2D eigenvalue weighted by Gasteiger charge is 2.11. The van der Waals surface area contributed by atoms with Gasteiger partial charge in [0.1, 0.15) is 11.4 Å². The molecule has 23 heavy (non-hydrogen) atoms. The van der Waals surface area contributed by atoms with Crippen LogP contribution in [-0.2, 0) is 0 Å². The Morgan fingerprint density at radius 1 is 1.04 bits per heavy atom. The van der Waals surface area contributed by atoms with Gasteiger partial charge in [0.25, 0.3) is 0 Å². The fourth-order valence-electron chi connectivity index (χ4n) is 2.47. The quantitative estimate of drug-likeness (QED) is 0.529. The summed E-state index contributed by atoms with van der Waals surface area (Å²) in [5.41, 5.74) is 1.48. The van der Waals surface area contributed by atoms with Crippen molar-refractivity contribution >= 4 is 11.0 Å². The van der Waals surface area contributed by atoms with Gasteiger partial charge >= 0.3 is 5.63 Å². The highest BCUT2D eigenvalue weighted by atomic mass is 19.1. The van der Waals surface area contributed by atoms with Crippen molar-refractivity contribution < 1.29 is 8.81 Å². The third-order valence-corrected chi connectivity index (χ3v) is 3.61. The third-order valence-electron chi connectivity index (χ3n) is 3.61. The Labute approximate surface area is 130 Å². The molecule has 0 amide bonds. The molecule has 0 aliphatic heterocycles. The highest BCUT2D eigenvalue weighted by molar-refractivity contribution is 5.80. The van der Waals surface area contributed by atoms with Crippen molar-refractivity contribution in [3.63, 3.8) is 0 Å². The number of benzene rings is 2. The van der Waals surface area contributed by atoms with Gasteiger partial charge in [-0.3, -0.25) is 0 Å². The van der Waals surface area contributed by atoms with Gasteiger partial charge in [-0.15, -0.1) is 0 Å². The summed E-state index contributed by atoms with van der Waals surface area (Å²) in [5.74, 6) is -0.443. The highest BCUT2D eigenvalue weighted by Crippen LogP contribution is 2.21. The molecule has 0 atom stereocenters. The molecule has 0 N–H and O–H groups in total. The van der Waals surface area contributed by atoms with Gasteiger partial charge in [-0.1, -0.05) is 18.2 Å². The second-order valence-corrected chi connectivity index (χ2v) is 5.13. The monoisotopic (exact) mass is 306 g/mol. The van der Waals surface area contributed by atoms with E-state index in [1.807, 2.05) is 34.9 Å². The molecule has 2 heterocycles. The maximum atomic E-state index is 13.2. The minimum Gasteiger partial charge on any atom is -0.422 e. The zero-order valence-corrected chi connectivity index (χ0v) is 11.9. The minimum atomic E-state index is -0.540. The molecule has 2 aromatic heterocycles. The summed E-state index contributed by atoms with van der Waals surface area (Å²) in [6.45, 7) is 0. The van der Waals surface area contributed by atoms with Crippen LogP contribution in [-0.4, -0.2) is 9.55 Å². The Balaban J connectivity index is 1.83. The molecule has 0 radical (unpaired) electrons. The van der Waals surface area contributed by atoms with E-state index in [0.29, 0.717) is 16.6 Å². The number of hydrogen-bond acceptors (Lipinski definition) is 3. The number of para-hydroxylation sites is 1. The lowest BCUT2D eigenvalue weighted by molar-refractivity contribution is 0.556. The average Bonchev–Trinajstić information content (AvgIpc) is 3.05. The molecule has 0 saturated carbocycles. The first-order valence-electron chi connectivity index (χ1n) is 7.04. The Hall–Kier alpha value is -3.21. The molecule has 4 aromatic rings. The molecular formula is C18H11FN2O2. The van der Waals surface area contributed by atoms with E-state index < -0.39 is 11.4 Å². The summed E-state index contributed by atoms with van der Waals surface area (Å²) < 4.78 is 20.2. The predicted octanol–water partition coefficient (Wildman–Crippen LogP) is 3.78. The number of fused-ring (bicyclic) bond motifs is 1. The fourth-order valence-corrected chi connectivity index (χ4v) is 2.47. The first kappa shape index (κ1) is 13.5. The standard InChI is InChI=1S/C18H11FN2O2/c19-13-7-6-12-8-15(18(22)23-17(12)9-13)16-10-21(11-20-16)14-4-2-1-3-5-14/h1-11H. The van der Waals surface area contributed by atoms with Crippen molar-refractivity contribution in [1.82, 2.24) is 9.55 Å². The van der Waals surface area contributed by atoms with E-state index in [-0.39, 0.29) is 5.58 Å². The van der Waals surface area contributed by atoms with Gasteiger partial charge in [-0.2, -0.15) is 0 Å². The molecule has 0 saturated heterocycles. The van der Waals surface area contributed by atoms with Crippen molar-refractivity contribution in [2.45, 2.75) is 0 Å².